The van der Waals surface area contributed by atoms with Crippen LogP contribution in [0.2, 0.25) is 18.1 Å². The number of nitrogens with one attached hydrogen (secondary N) is 1. The molecule has 0 unspecified atom stereocenters. The maximum absolute atomic E-state index is 12.1. The number of rotatable bonds is 7. The van der Waals surface area contributed by atoms with Crippen molar-refractivity contribution >= 4 is 14.3 Å². The summed E-state index contributed by atoms with van der Waals surface area (Å²) in [5.74, 6) is -0.298. The fourth-order valence-corrected chi connectivity index (χ4v) is 3.17. The third kappa shape index (κ3) is 7.83. The lowest BCUT2D eigenvalue weighted by molar-refractivity contribution is -0.153. The van der Waals surface area contributed by atoms with Crippen LogP contribution in [0.1, 0.15) is 58.7 Å². The summed E-state index contributed by atoms with van der Waals surface area (Å²) >= 11 is 0. The maximum Gasteiger partial charge on any atom is 0.320 e. The largest absolute Gasteiger partial charge is 0.459 e. The molecule has 0 spiro atoms. The normalized spacial score (nSPS) is 13.7. The van der Waals surface area contributed by atoms with E-state index in [0.717, 1.165) is 5.56 Å². The quantitative estimate of drug-likeness (QED) is 0.546. The minimum absolute atomic E-state index is 0.100. The Morgan fingerprint density at radius 3 is 2.15 bits per heavy atom. The fourth-order valence-electron chi connectivity index (χ4n) is 2.16. The summed E-state index contributed by atoms with van der Waals surface area (Å²) in [4.78, 5) is 12.1. The highest BCUT2D eigenvalue weighted by Crippen LogP contribution is 2.37. The van der Waals surface area contributed by atoms with Crippen LogP contribution in [-0.4, -0.2) is 33.0 Å². The van der Waals surface area contributed by atoms with Crippen molar-refractivity contribution in [3.05, 3.63) is 35.4 Å². The minimum atomic E-state index is -1.92. The molecule has 0 saturated heterocycles. The molecule has 1 N–H and O–H groups in total. The summed E-state index contributed by atoms with van der Waals surface area (Å²) in [5.41, 5.74) is 1.08. The van der Waals surface area contributed by atoms with Crippen molar-refractivity contribution < 1.29 is 14.0 Å². The van der Waals surface area contributed by atoms with E-state index in [1.807, 2.05) is 32.9 Å². The summed E-state index contributed by atoms with van der Waals surface area (Å²) in [5, 5.41) is 12.4. The van der Waals surface area contributed by atoms with E-state index >= 15 is 0 Å². The van der Waals surface area contributed by atoms with Crippen LogP contribution in [0.15, 0.2) is 24.3 Å². The number of esters is 1. The van der Waals surface area contributed by atoms with Gasteiger partial charge in [-0.2, -0.15) is 5.26 Å². The van der Waals surface area contributed by atoms with Crippen molar-refractivity contribution in [3.8, 4) is 6.07 Å². The molecule has 6 heteroatoms. The van der Waals surface area contributed by atoms with E-state index in [1.165, 1.54) is 0 Å². The van der Waals surface area contributed by atoms with Crippen LogP contribution in [0, 0.1) is 11.3 Å². The molecule has 0 aliphatic rings. The molecular weight excluding hydrogens is 356 g/mol. The number of hydrogen-bond acceptors (Lipinski definition) is 5. The van der Waals surface area contributed by atoms with Crippen molar-refractivity contribution in [1.82, 2.24) is 5.32 Å². The molecule has 27 heavy (non-hydrogen) atoms. The van der Waals surface area contributed by atoms with Gasteiger partial charge in [0.25, 0.3) is 0 Å². The lowest BCUT2D eigenvalue weighted by atomic mass is 10.1. The number of carbonyl (C=O) groups excluding carboxylic acids is 1. The first kappa shape index (κ1) is 23.4. The number of carbonyl (C=O) groups is 1. The third-order valence-corrected chi connectivity index (χ3v) is 9.27. The molecule has 0 aliphatic carbocycles. The molecule has 1 aromatic rings. The van der Waals surface area contributed by atoms with Crippen LogP contribution in [0.5, 0.6) is 0 Å². The summed E-state index contributed by atoms with van der Waals surface area (Å²) < 4.78 is 11.7. The van der Waals surface area contributed by atoms with Crippen molar-refractivity contribution in [2.24, 2.45) is 0 Å². The van der Waals surface area contributed by atoms with Gasteiger partial charge in [-0.05, 0) is 56.6 Å². The molecule has 1 atom stereocenters. The zero-order valence-corrected chi connectivity index (χ0v) is 19.0. The minimum Gasteiger partial charge on any atom is -0.459 e. The molecule has 0 aliphatic heterocycles. The van der Waals surface area contributed by atoms with Crippen molar-refractivity contribution in [2.75, 3.05) is 13.2 Å². The third-order valence-electron chi connectivity index (χ3n) is 4.77. The van der Waals surface area contributed by atoms with Gasteiger partial charge in [0.05, 0.1) is 30.8 Å². The Morgan fingerprint density at radius 2 is 1.70 bits per heavy atom. The molecule has 0 heterocycles. The Balaban J connectivity index is 2.89. The molecule has 0 radical (unpaired) electrons. The maximum atomic E-state index is 12.1. The van der Waals surface area contributed by atoms with Crippen molar-refractivity contribution in [3.63, 3.8) is 0 Å². The molecule has 0 aromatic heterocycles. The van der Waals surface area contributed by atoms with Gasteiger partial charge in [-0.1, -0.05) is 32.9 Å². The summed E-state index contributed by atoms with van der Waals surface area (Å²) in [6.45, 7) is 17.1. The van der Waals surface area contributed by atoms with Crippen LogP contribution >= 0.6 is 0 Å². The van der Waals surface area contributed by atoms with Gasteiger partial charge in [0.15, 0.2) is 8.32 Å². The Bertz CT molecular complexity index is 665. The van der Waals surface area contributed by atoms with Crippen LogP contribution in [0.4, 0.5) is 0 Å². The monoisotopic (exact) mass is 390 g/mol. The summed E-state index contributed by atoms with van der Waals surface area (Å²) in [7, 11) is -1.92. The Kier molecular flexibility index (Phi) is 7.79. The van der Waals surface area contributed by atoms with Crippen LogP contribution in [-0.2, 0) is 14.0 Å². The highest BCUT2D eigenvalue weighted by molar-refractivity contribution is 6.74. The highest BCUT2D eigenvalue weighted by atomic mass is 28.4. The second kappa shape index (κ2) is 9.00. The Hall–Kier alpha value is -1.68. The summed E-state index contributed by atoms with van der Waals surface area (Å²) in [6.07, 6.45) is 0. The molecule has 0 amide bonds. The smallest absolute Gasteiger partial charge is 0.320 e. The number of nitriles is 1. The lowest BCUT2D eigenvalue weighted by Gasteiger charge is -2.37. The SMILES string of the molecule is CC(C)(C)OC(=O)CN[C@H](CO[Si](C)(C)C(C)(C)C)c1ccc(C#N)cc1. The van der Waals surface area contributed by atoms with E-state index in [1.54, 1.807) is 12.1 Å². The molecule has 1 aromatic carbocycles. The number of benzene rings is 1. The predicted octanol–water partition coefficient (Wildman–Crippen LogP) is 4.55. The first-order valence-electron chi connectivity index (χ1n) is 9.34. The van der Waals surface area contributed by atoms with E-state index in [4.69, 9.17) is 14.4 Å². The number of nitrogens with zero attached hydrogens (tertiary/aromatic N) is 1. The van der Waals surface area contributed by atoms with Crippen LogP contribution in [0.3, 0.4) is 0 Å². The van der Waals surface area contributed by atoms with Gasteiger partial charge in [-0.3, -0.25) is 10.1 Å². The van der Waals surface area contributed by atoms with E-state index in [-0.39, 0.29) is 23.6 Å². The molecule has 0 fully saturated rings. The van der Waals surface area contributed by atoms with Gasteiger partial charge in [-0.15, -0.1) is 0 Å². The van der Waals surface area contributed by atoms with Gasteiger partial charge < -0.3 is 9.16 Å². The van der Waals surface area contributed by atoms with E-state index in [0.29, 0.717) is 12.2 Å². The van der Waals surface area contributed by atoms with Gasteiger partial charge in [0.2, 0.25) is 0 Å². The van der Waals surface area contributed by atoms with Crippen molar-refractivity contribution in [1.29, 1.82) is 5.26 Å². The molecule has 150 valence electrons. The van der Waals surface area contributed by atoms with Gasteiger partial charge in [0, 0.05) is 0 Å². The number of hydrogen-bond donors (Lipinski definition) is 1. The predicted molar refractivity (Wildman–Crippen MR) is 111 cm³/mol. The molecular formula is C21H34N2O3Si. The first-order valence-corrected chi connectivity index (χ1v) is 12.3. The second-order valence-electron chi connectivity index (χ2n) is 9.33. The first-order chi connectivity index (χ1) is 12.2. The molecule has 0 bridgehead atoms. The second-order valence-corrected chi connectivity index (χ2v) is 14.1. The van der Waals surface area contributed by atoms with Crippen LogP contribution in [0.25, 0.3) is 0 Å². The average Bonchev–Trinajstić information content (AvgIpc) is 2.52. The summed E-state index contributed by atoms with van der Waals surface area (Å²) in [6, 6.07) is 9.34. The van der Waals surface area contributed by atoms with Gasteiger partial charge in [-0.25, -0.2) is 0 Å². The zero-order chi connectivity index (χ0) is 20.9. The van der Waals surface area contributed by atoms with Crippen molar-refractivity contribution in [2.45, 2.75) is 71.3 Å². The standard InChI is InChI=1S/C21H34N2O3Si/c1-20(2,3)26-19(24)14-23-18(15-25-27(7,8)21(4,5)6)17-11-9-16(13-22)10-12-17/h9-12,18,23H,14-15H2,1-8H3/t18-/m1/s1. The highest BCUT2D eigenvalue weighted by Gasteiger charge is 2.37. The van der Waals surface area contributed by atoms with E-state index < -0.39 is 13.9 Å². The lowest BCUT2D eigenvalue weighted by Crippen LogP contribution is -2.43. The average molecular weight is 391 g/mol. The van der Waals surface area contributed by atoms with Crippen LogP contribution < -0.4 is 5.32 Å². The van der Waals surface area contributed by atoms with Gasteiger partial charge in [0.1, 0.15) is 5.60 Å². The zero-order valence-electron chi connectivity index (χ0n) is 18.0. The Morgan fingerprint density at radius 1 is 1.15 bits per heavy atom. The van der Waals surface area contributed by atoms with E-state index in [2.05, 4.69) is 45.3 Å². The topological polar surface area (TPSA) is 71.3 Å². The molecule has 0 saturated carbocycles. The molecule has 5 nitrogen and oxygen atoms in total. The van der Waals surface area contributed by atoms with Gasteiger partial charge >= 0.3 is 5.97 Å². The Labute approximate surface area is 165 Å². The number of ether oxygens (including phenoxy) is 1. The fraction of sp³-hybridized carbons (Fsp3) is 0.619. The van der Waals surface area contributed by atoms with E-state index in [9.17, 15) is 4.79 Å². The molecule has 1 rings (SSSR count).